The molecule has 1 aromatic carbocycles. The molecule has 0 radical (unpaired) electrons. The normalized spacial score (nSPS) is 10.5. The van der Waals surface area contributed by atoms with Crippen molar-refractivity contribution in [1.82, 2.24) is 9.80 Å². The monoisotopic (exact) mass is 382 g/mol. The van der Waals surface area contributed by atoms with Crippen molar-refractivity contribution in [3.8, 4) is 0 Å². The standard InChI is InChI=1S/C23H30N2O3/c1-3-5-7-14-22(26)24(15-4-2)19-23(27)25(18-21-13-10-16-28-21)17-20-11-8-6-9-12-20/h4,6,8-13,16H,2-3,5,7,14-15,17-19H2,1H3. The Hall–Kier alpha value is -2.82. The van der Waals surface area contributed by atoms with Crippen LogP contribution in [0.25, 0.3) is 0 Å². The van der Waals surface area contributed by atoms with E-state index in [9.17, 15) is 9.59 Å². The lowest BCUT2D eigenvalue weighted by molar-refractivity contribution is -0.141. The van der Waals surface area contributed by atoms with Gasteiger partial charge in [0.15, 0.2) is 0 Å². The van der Waals surface area contributed by atoms with Crippen molar-refractivity contribution in [2.45, 2.75) is 45.7 Å². The summed E-state index contributed by atoms with van der Waals surface area (Å²) in [5.41, 5.74) is 1.03. The maximum Gasteiger partial charge on any atom is 0.242 e. The summed E-state index contributed by atoms with van der Waals surface area (Å²) in [5, 5.41) is 0. The summed E-state index contributed by atoms with van der Waals surface area (Å²) in [7, 11) is 0. The van der Waals surface area contributed by atoms with E-state index >= 15 is 0 Å². The Balaban J connectivity index is 2.07. The second-order valence-electron chi connectivity index (χ2n) is 6.83. The van der Waals surface area contributed by atoms with Crippen molar-refractivity contribution in [3.05, 3.63) is 72.7 Å². The minimum absolute atomic E-state index is 0.000593. The molecule has 0 saturated carbocycles. The van der Waals surface area contributed by atoms with Gasteiger partial charge in [0.1, 0.15) is 12.3 Å². The highest BCUT2D eigenvalue weighted by atomic mass is 16.3. The number of carbonyl (C=O) groups excluding carboxylic acids is 2. The molecule has 5 heteroatoms. The van der Waals surface area contributed by atoms with E-state index in [2.05, 4.69) is 13.5 Å². The molecule has 0 aliphatic heterocycles. The van der Waals surface area contributed by atoms with E-state index in [1.165, 1.54) is 0 Å². The first-order chi connectivity index (χ1) is 13.6. The molecule has 0 N–H and O–H groups in total. The van der Waals surface area contributed by atoms with Gasteiger partial charge in [-0.2, -0.15) is 0 Å². The zero-order valence-corrected chi connectivity index (χ0v) is 16.7. The molecule has 0 unspecified atom stereocenters. The molecule has 2 amide bonds. The predicted molar refractivity (Wildman–Crippen MR) is 110 cm³/mol. The van der Waals surface area contributed by atoms with Crippen molar-refractivity contribution in [2.75, 3.05) is 13.1 Å². The Bertz CT molecular complexity index is 726. The van der Waals surface area contributed by atoms with E-state index in [-0.39, 0.29) is 18.4 Å². The zero-order valence-electron chi connectivity index (χ0n) is 16.7. The lowest BCUT2D eigenvalue weighted by Crippen LogP contribution is -2.42. The van der Waals surface area contributed by atoms with Gasteiger partial charge in [0.05, 0.1) is 12.8 Å². The average molecular weight is 383 g/mol. The number of benzene rings is 1. The molecule has 0 atom stereocenters. The smallest absolute Gasteiger partial charge is 0.242 e. The summed E-state index contributed by atoms with van der Waals surface area (Å²) in [6.07, 6.45) is 6.64. The summed E-state index contributed by atoms with van der Waals surface area (Å²) < 4.78 is 5.43. The molecule has 2 rings (SSSR count). The number of furan rings is 1. The van der Waals surface area contributed by atoms with Crippen molar-refractivity contribution in [3.63, 3.8) is 0 Å². The Morgan fingerprint density at radius 2 is 1.79 bits per heavy atom. The first-order valence-electron chi connectivity index (χ1n) is 9.86. The molecule has 1 heterocycles. The second-order valence-corrected chi connectivity index (χ2v) is 6.83. The van der Waals surface area contributed by atoms with Crippen LogP contribution in [-0.4, -0.2) is 34.7 Å². The van der Waals surface area contributed by atoms with Crippen LogP contribution in [0.2, 0.25) is 0 Å². The van der Waals surface area contributed by atoms with Crippen LogP contribution in [0.3, 0.4) is 0 Å². The van der Waals surface area contributed by atoms with Gasteiger partial charge in [0.25, 0.3) is 0 Å². The van der Waals surface area contributed by atoms with Crippen LogP contribution in [0.5, 0.6) is 0 Å². The molecule has 150 valence electrons. The van der Waals surface area contributed by atoms with Gasteiger partial charge in [0, 0.05) is 19.5 Å². The third-order valence-electron chi connectivity index (χ3n) is 4.52. The number of rotatable bonds is 12. The lowest BCUT2D eigenvalue weighted by atomic mass is 10.2. The van der Waals surface area contributed by atoms with Gasteiger partial charge in [-0.3, -0.25) is 9.59 Å². The van der Waals surface area contributed by atoms with Crippen LogP contribution in [0, 0.1) is 0 Å². The van der Waals surface area contributed by atoms with E-state index < -0.39 is 0 Å². The van der Waals surface area contributed by atoms with Crippen molar-refractivity contribution >= 4 is 11.8 Å². The SMILES string of the molecule is C=CCN(CC(=O)N(Cc1ccccc1)Cc1ccco1)C(=O)CCCCC. The molecule has 0 saturated heterocycles. The Morgan fingerprint density at radius 3 is 2.43 bits per heavy atom. The summed E-state index contributed by atoms with van der Waals surface area (Å²) in [5.74, 6) is 0.610. The van der Waals surface area contributed by atoms with E-state index in [1.807, 2.05) is 42.5 Å². The number of nitrogens with zero attached hydrogens (tertiary/aromatic N) is 2. The quantitative estimate of drug-likeness (QED) is 0.404. The van der Waals surface area contributed by atoms with Crippen molar-refractivity contribution in [2.24, 2.45) is 0 Å². The molecule has 0 spiro atoms. The molecule has 0 fully saturated rings. The maximum atomic E-state index is 13.0. The molecular formula is C23H30N2O3. The van der Waals surface area contributed by atoms with E-state index in [0.29, 0.717) is 31.8 Å². The summed E-state index contributed by atoms with van der Waals surface area (Å²) in [6.45, 7) is 7.08. The fourth-order valence-electron chi connectivity index (χ4n) is 2.98. The second kappa shape index (κ2) is 11.8. The van der Waals surface area contributed by atoms with Gasteiger partial charge < -0.3 is 14.2 Å². The minimum Gasteiger partial charge on any atom is -0.467 e. The average Bonchev–Trinajstić information content (AvgIpc) is 3.21. The number of hydrogen-bond donors (Lipinski definition) is 0. The highest BCUT2D eigenvalue weighted by molar-refractivity contribution is 5.85. The topological polar surface area (TPSA) is 53.8 Å². The summed E-state index contributed by atoms with van der Waals surface area (Å²) in [4.78, 5) is 28.9. The lowest BCUT2D eigenvalue weighted by Gasteiger charge is -2.27. The molecule has 0 bridgehead atoms. The molecule has 5 nitrogen and oxygen atoms in total. The molecule has 1 aromatic heterocycles. The van der Waals surface area contributed by atoms with Gasteiger partial charge in [-0.1, -0.05) is 56.2 Å². The molecular weight excluding hydrogens is 352 g/mol. The van der Waals surface area contributed by atoms with Crippen LogP contribution in [0.15, 0.2) is 65.8 Å². The van der Waals surface area contributed by atoms with Gasteiger partial charge in [0.2, 0.25) is 11.8 Å². The summed E-state index contributed by atoms with van der Waals surface area (Å²) >= 11 is 0. The van der Waals surface area contributed by atoms with Crippen LogP contribution in [0.1, 0.15) is 43.9 Å². The molecule has 0 aliphatic rings. The largest absolute Gasteiger partial charge is 0.467 e. The van der Waals surface area contributed by atoms with E-state index in [1.54, 1.807) is 22.1 Å². The molecule has 28 heavy (non-hydrogen) atoms. The zero-order chi connectivity index (χ0) is 20.2. The van der Waals surface area contributed by atoms with E-state index in [4.69, 9.17) is 4.42 Å². The highest BCUT2D eigenvalue weighted by Crippen LogP contribution is 2.12. The van der Waals surface area contributed by atoms with Crippen LogP contribution in [-0.2, 0) is 22.7 Å². The number of hydrogen-bond acceptors (Lipinski definition) is 3. The Morgan fingerprint density at radius 1 is 1.00 bits per heavy atom. The molecule has 0 aliphatic carbocycles. The highest BCUT2D eigenvalue weighted by Gasteiger charge is 2.21. The Labute approximate surface area is 167 Å². The van der Waals surface area contributed by atoms with Gasteiger partial charge in [-0.25, -0.2) is 0 Å². The summed E-state index contributed by atoms with van der Waals surface area (Å²) in [6, 6.07) is 13.5. The third kappa shape index (κ3) is 7.06. The Kier molecular flexibility index (Phi) is 9.05. The molecule has 2 aromatic rings. The number of amides is 2. The first kappa shape index (κ1) is 21.5. The van der Waals surface area contributed by atoms with E-state index in [0.717, 1.165) is 24.8 Å². The minimum atomic E-state index is -0.106. The van der Waals surface area contributed by atoms with Crippen molar-refractivity contribution in [1.29, 1.82) is 0 Å². The van der Waals surface area contributed by atoms with Gasteiger partial charge in [-0.05, 0) is 24.1 Å². The van der Waals surface area contributed by atoms with Crippen LogP contribution in [0.4, 0.5) is 0 Å². The van der Waals surface area contributed by atoms with Crippen molar-refractivity contribution < 1.29 is 14.0 Å². The van der Waals surface area contributed by atoms with Crippen LogP contribution < -0.4 is 0 Å². The maximum absolute atomic E-state index is 13.0. The fraction of sp³-hybridized carbons (Fsp3) is 0.391. The van der Waals surface area contributed by atoms with Crippen LogP contribution >= 0.6 is 0 Å². The first-order valence-corrected chi connectivity index (χ1v) is 9.86. The third-order valence-corrected chi connectivity index (χ3v) is 4.52. The predicted octanol–water partition coefficient (Wildman–Crippen LogP) is 4.40. The number of unbranched alkanes of at least 4 members (excludes halogenated alkanes) is 2. The fourth-order valence-corrected chi connectivity index (χ4v) is 2.98. The van der Waals surface area contributed by atoms with Gasteiger partial charge >= 0.3 is 0 Å². The number of carbonyl (C=O) groups is 2. The van der Waals surface area contributed by atoms with Gasteiger partial charge in [-0.15, -0.1) is 6.58 Å².